The van der Waals surface area contributed by atoms with Crippen molar-refractivity contribution in [2.24, 2.45) is 0 Å². The second-order valence-electron chi connectivity index (χ2n) is 6.33. The lowest BCUT2D eigenvalue weighted by Gasteiger charge is -2.21. The van der Waals surface area contributed by atoms with Crippen LogP contribution in [-0.2, 0) is 16.0 Å². The first kappa shape index (κ1) is 22.9. The number of hydrogen-bond acceptors (Lipinski definition) is 6. The fourth-order valence-corrected chi connectivity index (χ4v) is 2.96. The molecule has 2 amide bonds. The van der Waals surface area contributed by atoms with Gasteiger partial charge in [0.05, 0.1) is 5.56 Å². The minimum Gasteiger partial charge on any atom is -0.480 e. The van der Waals surface area contributed by atoms with Gasteiger partial charge in [-0.25, -0.2) is 9.59 Å². The number of hydrogen-bond donors (Lipinski definition) is 5. The molecule has 0 saturated heterocycles. The number of carboxylic acids is 2. The number of carboxylic acid groups (broad SMARTS) is 2. The summed E-state index contributed by atoms with van der Waals surface area (Å²) in [7, 11) is 0. The minimum atomic E-state index is -1.34. The van der Waals surface area contributed by atoms with Crippen LogP contribution in [0.5, 0.6) is 0 Å². The van der Waals surface area contributed by atoms with Crippen LogP contribution in [0.4, 0.5) is 0 Å². The van der Waals surface area contributed by atoms with Crippen molar-refractivity contribution in [2.75, 3.05) is 5.75 Å². The Balaban J connectivity index is 2.14. The summed E-state index contributed by atoms with van der Waals surface area (Å²) in [5, 5.41) is 23.5. The van der Waals surface area contributed by atoms with E-state index in [9.17, 15) is 29.4 Å². The van der Waals surface area contributed by atoms with Gasteiger partial charge in [0.2, 0.25) is 5.91 Å². The normalized spacial score (nSPS) is 12.4. The molecule has 1 aromatic carbocycles. The Morgan fingerprint density at radius 2 is 1.67 bits per heavy atom. The molecule has 0 aliphatic carbocycles. The van der Waals surface area contributed by atoms with Gasteiger partial charge in [0.25, 0.3) is 5.91 Å². The molecule has 1 unspecified atom stereocenters. The van der Waals surface area contributed by atoms with Crippen molar-refractivity contribution in [1.29, 1.82) is 0 Å². The van der Waals surface area contributed by atoms with E-state index in [1.165, 1.54) is 18.3 Å². The number of nitrogens with one attached hydrogen (secondary N) is 2. The zero-order chi connectivity index (χ0) is 22.1. The van der Waals surface area contributed by atoms with Crippen molar-refractivity contribution in [3.8, 4) is 0 Å². The van der Waals surface area contributed by atoms with Gasteiger partial charge in [-0.2, -0.15) is 12.6 Å². The first-order valence-electron chi connectivity index (χ1n) is 9.00. The molecule has 0 fully saturated rings. The Bertz CT molecular complexity index is 922. The molecule has 10 heteroatoms. The van der Waals surface area contributed by atoms with Crippen molar-refractivity contribution >= 4 is 36.4 Å². The molecule has 2 rings (SSSR count). The number of benzene rings is 1. The van der Waals surface area contributed by atoms with Gasteiger partial charge < -0.3 is 20.8 Å². The maximum atomic E-state index is 12.7. The van der Waals surface area contributed by atoms with Crippen LogP contribution in [-0.4, -0.2) is 56.8 Å². The molecule has 30 heavy (non-hydrogen) atoms. The number of nitrogens with zero attached hydrogens (tertiary/aromatic N) is 1. The summed E-state index contributed by atoms with van der Waals surface area (Å²) in [4.78, 5) is 51.8. The van der Waals surface area contributed by atoms with Crippen LogP contribution >= 0.6 is 12.6 Å². The van der Waals surface area contributed by atoms with Gasteiger partial charge in [0.1, 0.15) is 17.8 Å². The second kappa shape index (κ2) is 11.0. The number of pyridine rings is 1. The lowest BCUT2D eigenvalue weighted by Crippen LogP contribution is -2.52. The molecule has 0 aliphatic rings. The highest BCUT2D eigenvalue weighted by Gasteiger charge is 2.28. The second-order valence-corrected chi connectivity index (χ2v) is 6.78. The van der Waals surface area contributed by atoms with Crippen LogP contribution in [0.2, 0.25) is 0 Å². The number of rotatable bonds is 10. The number of aromatic nitrogens is 1. The molecule has 4 N–H and O–H groups in total. The van der Waals surface area contributed by atoms with Crippen molar-refractivity contribution in [1.82, 2.24) is 15.6 Å². The zero-order valence-corrected chi connectivity index (χ0v) is 16.7. The van der Waals surface area contributed by atoms with Gasteiger partial charge >= 0.3 is 11.9 Å². The zero-order valence-electron chi connectivity index (χ0n) is 15.8. The third kappa shape index (κ3) is 6.31. The van der Waals surface area contributed by atoms with Gasteiger partial charge in [-0.15, -0.1) is 0 Å². The summed E-state index contributed by atoms with van der Waals surface area (Å²) in [6.45, 7) is 0. The SMILES string of the molecule is O=C(O)c1cccnc1C(=O)NC(CCS)C(=O)N[C@H](Cc1ccccc1)C(=O)O. The van der Waals surface area contributed by atoms with Crippen LogP contribution in [0.3, 0.4) is 0 Å². The minimum absolute atomic E-state index is 0.0624. The fraction of sp³-hybridized carbons (Fsp3) is 0.250. The van der Waals surface area contributed by atoms with Crippen LogP contribution in [0.25, 0.3) is 0 Å². The Hall–Kier alpha value is -3.40. The molecule has 2 atom stereocenters. The lowest BCUT2D eigenvalue weighted by atomic mass is 10.1. The fourth-order valence-electron chi connectivity index (χ4n) is 2.71. The molecular formula is C20H21N3O6S. The molecule has 0 bridgehead atoms. The highest BCUT2D eigenvalue weighted by molar-refractivity contribution is 7.80. The summed E-state index contributed by atoms with van der Waals surface area (Å²) in [6, 6.07) is 9.06. The number of amides is 2. The molecule has 1 aromatic heterocycles. The van der Waals surface area contributed by atoms with E-state index in [4.69, 9.17) is 0 Å². The van der Waals surface area contributed by atoms with Crippen molar-refractivity contribution in [3.05, 3.63) is 65.5 Å². The average Bonchev–Trinajstić information content (AvgIpc) is 2.73. The molecule has 0 spiro atoms. The molecule has 0 radical (unpaired) electrons. The van der Waals surface area contributed by atoms with Crippen molar-refractivity contribution in [3.63, 3.8) is 0 Å². The van der Waals surface area contributed by atoms with Gasteiger partial charge in [-0.05, 0) is 29.9 Å². The van der Waals surface area contributed by atoms with E-state index in [0.29, 0.717) is 0 Å². The molecule has 0 aliphatic heterocycles. The molecule has 0 saturated carbocycles. The predicted molar refractivity (Wildman–Crippen MR) is 111 cm³/mol. The van der Waals surface area contributed by atoms with E-state index in [1.54, 1.807) is 30.3 Å². The molecule has 2 aromatic rings. The van der Waals surface area contributed by atoms with Gasteiger partial charge in [0, 0.05) is 12.6 Å². The third-order valence-electron chi connectivity index (χ3n) is 4.19. The summed E-state index contributed by atoms with van der Waals surface area (Å²) in [5.74, 6) is -3.90. The van der Waals surface area contributed by atoms with Crippen molar-refractivity contribution < 1.29 is 29.4 Å². The standard InChI is InChI=1S/C20H21N3O6S/c24-17(23-15(20(28)29)11-12-5-2-1-3-6-12)14(8-10-30)22-18(25)16-13(19(26)27)7-4-9-21-16/h1-7,9,14-15,30H,8,10-11H2,(H,22,25)(H,23,24)(H,26,27)(H,28,29)/t14?,15-/m1/s1. The highest BCUT2D eigenvalue weighted by atomic mass is 32.1. The maximum Gasteiger partial charge on any atom is 0.338 e. The Labute approximate surface area is 177 Å². The predicted octanol–water partition coefficient (Wildman–Crippen LogP) is 1.01. The summed E-state index contributed by atoms with van der Waals surface area (Å²) < 4.78 is 0. The van der Waals surface area contributed by atoms with Gasteiger partial charge in [-0.1, -0.05) is 30.3 Å². The van der Waals surface area contributed by atoms with E-state index < -0.39 is 35.8 Å². The molecule has 158 valence electrons. The Kier molecular flexibility index (Phi) is 8.36. The van der Waals surface area contributed by atoms with Crippen LogP contribution in [0.15, 0.2) is 48.7 Å². The number of thiol groups is 1. The number of aliphatic carboxylic acids is 1. The molecule has 9 nitrogen and oxygen atoms in total. The number of carbonyl (C=O) groups is 4. The summed E-state index contributed by atoms with van der Waals surface area (Å²) in [6.07, 6.45) is 1.43. The lowest BCUT2D eigenvalue weighted by molar-refractivity contribution is -0.142. The smallest absolute Gasteiger partial charge is 0.338 e. The molecule has 1 heterocycles. The Morgan fingerprint density at radius 1 is 0.967 bits per heavy atom. The largest absolute Gasteiger partial charge is 0.480 e. The van der Waals surface area contributed by atoms with Gasteiger partial charge in [0.15, 0.2) is 0 Å². The first-order chi connectivity index (χ1) is 14.3. The Morgan fingerprint density at radius 3 is 2.27 bits per heavy atom. The third-order valence-corrected chi connectivity index (χ3v) is 4.45. The van der Waals surface area contributed by atoms with Crippen LogP contribution in [0.1, 0.15) is 32.8 Å². The van der Waals surface area contributed by atoms with Gasteiger partial charge in [-0.3, -0.25) is 14.6 Å². The average molecular weight is 431 g/mol. The molecular weight excluding hydrogens is 410 g/mol. The topological polar surface area (TPSA) is 146 Å². The van der Waals surface area contributed by atoms with Crippen molar-refractivity contribution in [2.45, 2.75) is 24.9 Å². The highest BCUT2D eigenvalue weighted by Crippen LogP contribution is 2.08. The maximum absolute atomic E-state index is 12.7. The number of aromatic carboxylic acids is 1. The first-order valence-corrected chi connectivity index (χ1v) is 9.63. The quantitative estimate of drug-likeness (QED) is 0.353. The van der Waals surface area contributed by atoms with Crippen LogP contribution in [0, 0.1) is 0 Å². The number of carbonyl (C=O) groups excluding carboxylic acids is 2. The van der Waals surface area contributed by atoms with E-state index in [0.717, 1.165) is 5.56 Å². The monoisotopic (exact) mass is 431 g/mol. The summed E-state index contributed by atoms with van der Waals surface area (Å²) in [5.41, 5.74) is 0.0631. The van der Waals surface area contributed by atoms with Crippen LogP contribution < -0.4 is 10.6 Å². The van der Waals surface area contributed by atoms with E-state index in [1.807, 2.05) is 0 Å². The van der Waals surface area contributed by atoms with E-state index in [-0.39, 0.29) is 29.9 Å². The van der Waals surface area contributed by atoms with E-state index in [2.05, 4.69) is 28.2 Å². The van der Waals surface area contributed by atoms with E-state index >= 15 is 0 Å². The summed E-state index contributed by atoms with van der Waals surface area (Å²) >= 11 is 4.07.